The van der Waals surface area contributed by atoms with Crippen LogP contribution in [0.5, 0.6) is 0 Å². The van der Waals surface area contributed by atoms with Crippen molar-refractivity contribution >= 4 is 29.0 Å². The van der Waals surface area contributed by atoms with Crippen LogP contribution >= 0.6 is 23.1 Å². The van der Waals surface area contributed by atoms with Crippen LogP contribution in [0.4, 0.5) is 0 Å². The van der Waals surface area contributed by atoms with Crippen molar-refractivity contribution < 1.29 is 4.79 Å². The molecule has 2 heterocycles. The molecule has 5 unspecified atom stereocenters. The Morgan fingerprint density at radius 2 is 2.00 bits per heavy atom. The van der Waals surface area contributed by atoms with Crippen LogP contribution < -0.4 is 5.32 Å². The van der Waals surface area contributed by atoms with Gasteiger partial charge in [-0.05, 0) is 67.9 Å². The molecule has 3 aromatic rings. The normalized spacial score (nSPS) is 23.9. The van der Waals surface area contributed by atoms with Gasteiger partial charge in [-0.25, -0.2) is 0 Å². The van der Waals surface area contributed by atoms with E-state index in [1.54, 1.807) is 11.3 Å². The fourth-order valence-electron chi connectivity index (χ4n) is 5.44. The fraction of sp³-hybridized carbons (Fsp3) is 0.480. The van der Waals surface area contributed by atoms with Crippen LogP contribution in [-0.4, -0.2) is 32.0 Å². The van der Waals surface area contributed by atoms with Crippen molar-refractivity contribution in [1.29, 1.82) is 0 Å². The van der Waals surface area contributed by atoms with Crippen molar-refractivity contribution in [3.63, 3.8) is 0 Å². The van der Waals surface area contributed by atoms with Gasteiger partial charge in [0.05, 0.1) is 16.7 Å². The summed E-state index contributed by atoms with van der Waals surface area (Å²) in [6.45, 7) is 4.84. The smallest absolute Gasteiger partial charge is 0.233 e. The van der Waals surface area contributed by atoms with Crippen LogP contribution in [-0.2, 0) is 11.3 Å². The van der Waals surface area contributed by atoms with E-state index < -0.39 is 0 Å². The third-order valence-corrected chi connectivity index (χ3v) is 9.04. The maximum atomic E-state index is 13.0. The zero-order valence-corrected chi connectivity index (χ0v) is 20.2. The largest absolute Gasteiger partial charge is 0.352 e. The lowest BCUT2D eigenvalue weighted by atomic mass is 9.84. The lowest BCUT2D eigenvalue weighted by Gasteiger charge is -2.29. The maximum absolute atomic E-state index is 13.0. The second-order valence-corrected chi connectivity index (χ2v) is 11.5. The van der Waals surface area contributed by atoms with Crippen LogP contribution in [0.2, 0.25) is 0 Å². The molecular formula is C25H30N4OS2. The van der Waals surface area contributed by atoms with Crippen LogP contribution in [0, 0.1) is 17.8 Å². The molecule has 0 spiro atoms. The highest BCUT2D eigenvalue weighted by Gasteiger charge is 2.42. The molecule has 2 aliphatic rings. The number of carbonyl (C=O) groups excluding carboxylic acids is 1. The molecule has 2 saturated carbocycles. The van der Waals surface area contributed by atoms with Crippen molar-refractivity contribution in [2.45, 2.75) is 62.5 Å². The van der Waals surface area contributed by atoms with Crippen molar-refractivity contribution in [3.8, 4) is 10.7 Å². The van der Waals surface area contributed by atoms with Crippen LogP contribution in [0.3, 0.4) is 0 Å². The molecule has 2 aliphatic carbocycles. The second kappa shape index (κ2) is 9.40. The average Bonchev–Trinajstić information content (AvgIpc) is 3.60. The SMILES string of the molecule is CC(Sc1nnc(-c2cccs2)n1Cc1ccccc1)C(=O)NC(C)C1CC2CCC1C2. The highest BCUT2D eigenvalue weighted by Crippen LogP contribution is 2.49. The number of rotatable bonds is 8. The molecule has 5 rings (SSSR count). The van der Waals surface area contributed by atoms with Crippen molar-refractivity contribution in [3.05, 3.63) is 53.4 Å². The molecule has 5 nitrogen and oxygen atoms in total. The monoisotopic (exact) mass is 466 g/mol. The number of fused-ring (bicyclic) bond motifs is 2. The van der Waals surface area contributed by atoms with Crippen molar-refractivity contribution in [2.75, 3.05) is 0 Å². The summed E-state index contributed by atoms with van der Waals surface area (Å²) in [5, 5.41) is 14.9. The summed E-state index contributed by atoms with van der Waals surface area (Å²) < 4.78 is 2.13. The quantitative estimate of drug-likeness (QED) is 0.447. The average molecular weight is 467 g/mol. The zero-order chi connectivity index (χ0) is 22.1. The number of hydrogen-bond donors (Lipinski definition) is 1. The van der Waals surface area contributed by atoms with Gasteiger partial charge in [0.15, 0.2) is 11.0 Å². The molecule has 168 valence electrons. The third-order valence-electron chi connectivity index (χ3n) is 7.10. The lowest BCUT2D eigenvalue weighted by molar-refractivity contribution is -0.121. The molecule has 2 fully saturated rings. The van der Waals surface area contributed by atoms with E-state index in [-0.39, 0.29) is 17.2 Å². The number of hydrogen-bond acceptors (Lipinski definition) is 5. The molecule has 0 saturated heterocycles. The fourth-order valence-corrected chi connectivity index (χ4v) is 7.01. The van der Waals surface area contributed by atoms with Crippen LogP contribution in [0.25, 0.3) is 10.7 Å². The van der Waals surface area contributed by atoms with E-state index in [0.717, 1.165) is 27.7 Å². The first-order chi connectivity index (χ1) is 15.6. The number of thiophene rings is 1. The number of nitrogens with zero attached hydrogens (tertiary/aromatic N) is 3. The summed E-state index contributed by atoms with van der Waals surface area (Å²) in [5.41, 5.74) is 1.19. The number of amides is 1. The Morgan fingerprint density at radius 3 is 2.69 bits per heavy atom. The maximum Gasteiger partial charge on any atom is 0.233 e. The Balaban J connectivity index is 1.30. The van der Waals surface area contributed by atoms with Gasteiger partial charge in [-0.15, -0.1) is 21.5 Å². The molecular weight excluding hydrogens is 436 g/mol. The minimum Gasteiger partial charge on any atom is -0.352 e. The van der Waals surface area contributed by atoms with Gasteiger partial charge in [-0.1, -0.05) is 54.6 Å². The van der Waals surface area contributed by atoms with Gasteiger partial charge in [0.1, 0.15) is 0 Å². The van der Waals surface area contributed by atoms with Crippen LogP contribution in [0.15, 0.2) is 53.0 Å². The van der Waals surface area contributed by atoms with E-state index >= 15 is 0 Å². The van der Waals surface area contributed by atoms with Gasteiger partial charge >= 0.3 is 0 Å². The first-order valence-electron chi connectivity index (χ1n) is 11.6. The van der Waals surface area contributed by atoms with Crippen LogP contribution in [0.1, 0.15) is 45.1 Å². The van der Waals surface area contributed by atoms with Gasteiger partial charge in [0.2, 0.25) is 5.91 Å². The predicted octanol–water partition coefficient (Wildman–Crippen LogP) is 5.48. The van der Waals surface area contributed by atoms with E-state index in [4.69, 9.17) is 0 Å². The second-order valence-electron chi connectivity index (χ2n) is 9.25. The zero-order valence-electron chi connectivity index (χ0n) is 18.6. The lowest BCUT2D eigenvalue weighted by Crippen LogP contribution is -2.43. The van der Waals surface area contributed by atoms with Gasteiger partial charge < -0.3 is 5.32 Å². The first kappa shape index (κ1) is 21.7. The highest BCUT2D eigenvalue weighted by molar-refractivity contribution is 8.00. The summed E-state index contributed by atoms with van der Waals surface area (Å²) in [6, 6.07) is 14.7. The predicted molar refractivity (Wildman–Crippen MR) is 131 cm³/mol. The number of carbonyl (C=O) groups is 1. The summed E-state index contributed by atoms with van der Waals surface area (Å²) in [6.07, 6.45) is 5.37. The number of nitrogens with one attached hydrogen (secondary N) is 1. The summed E-state index contributed by atoms with van der Waals surface area (Å²) in [7, 11) is 0. The molecule has 32 heavy (non-hydrogen) atoms. The van der Waals surface area contributed by atoms with E-state index in [0.29, 0.717) is 12.5 Å². The topological polar surface area (TPSA) is 59.8 Å². The van der Waals surface area contributed by atoms with Crippen molar-refractivity contribution in [1.82, 2.24) is 20.1 Å². The van der Waals surface area contributed by atoms with Gasteiger partial charge in [0.25, 0.3) is 0 Å². The number of benzene rings is 1. The molecule has 5 atom stereocenters. The minimum atomic E-state index is -0.231. The summed E-state index contributed by atoms with van der Waals surface area (Å²) in [4.78, 5) is 14.1. The van der Waals surface area contributed by atoms with Gasteiger partial charge in [-0.3, -0.25) is 9.36 Å². The standard InChI is InChI=1S/C25H30N4OS2/c1-16(21-14-19-10-11-20(21)13-19)26-24(30)17(2)32-25-28-27-23(22-9-6-12-31-22)29(25)15-18-7-4-3-5-8-18/h3-9,12,16-17,19-21H,10-11,13-15H2,1-2H3,(H,26,30). The van der Waals surface area contributed by atoms with E-state index in [1.165, 1.54) is 43.0 Å². The Morgan fingerprint density at radius 1 is 1.16 bits per heavy atom. The molecule has 2 aromatic heterocycles. The number of thioether (sulfide) groups is 1. The highest BCUT2D eigenvalue weighted by atomic mass is 32.2. The van der Waals surface area contributed by atoms with E-state index in [9.17, 15) is 4.79 Å². The van der Waals surface area contributed by atoms with E-state index in [2.05, 4.69) is 50.6 Å². The molecule has 7 heteroatoms. The molecule has 1 aromatic carbocycles. The molecule has 1 N–H and O–H groups in total. The molecule has 0 radical (unpaired) electrons. The Kier molecular flexibility index (Phi) is 6.37. The Labute approximate surface area is 198 Å². The Hall–Kier alpha value is -2.12. The molecule has 0 aliphatic heterocycles. The number of aromatic nitrogens is 3. The third kappa shape index (κ3) is 4.50. The van der Waals surface area contributed by atoms with Gasteiger partial charge in [-0.2, -0.15) is 0 Å². The first-order valence-corrected chi connectivity index (χ1v) is 13.3. The summed E-state index contributed by atoms with van der Waals surface area (Å²) in [5.74, 6) is 3.29. The Bertz CT molecular complexity index is 1050. The van der Waals surface area contributed by atoms with Gasteiger partial charge in [0, 0.05) is 6.04 Å². The van der Waals surface area contributed by atoms with Crippen molar-refractivity contribution in [2.24, 2.45) is 17.8 Å². The van der Waals surface area contributed by atoms with E-state index in [1.807, 2.05) is 31.2 Å². The molecule has 1 amide bonds. The summed E-state index contributed by atoms with van der Waals surface area (Å²) >= 11 is 3.15. The molecule has 2 bridgehead atoms. The minimum absolute atomic E-state index is 0.0946.